The van der Waals surface area contributed by atoms with Crippen molar-refractivity contribution in [3.05, 3.63) is 12.2 Å². The summed E-state index contributed by atoms with van der Waals surface area (Å²) in [6.07, 6.45) is 6.72. The van der Waals surface area contributed by atoms with Crippen LogP contribution in [0.25, 0.3) is 0 Å². The zero-order chi connectivity index (χ0) is 13.6. The third-order valence-corrected chi connectivity index (χ3v) is 4.65. The molecule has 2 N–H and O–H groups in total. The minimum atomic E-state index is -0.902. The fraction of sp³-hybridized carbons (Fsp3) is 0.714. The lowest BCUT2D eigenvalue weighted by Crippen LogP contribution is -2.66. The van der Waals surface area contributed by atoms with E-state index in [4.69, 9.17) is 0 Å². The first-order valence-electron chi connectivity index (χ1n) is 6.90. The van der Waals surface area contributed by atoms with Crippen LogP contribution in [0.3, 0.4) is 0 Å². The number of carboxylic acids is 1. The number of allylic oxidation sites excluding steroid dienone is 2. The van der Waals surface area contributed by atoms with Crippen LogP contribution in [-0.4, -0.2) is 45.7 Å². The maximum Gasteiger partial charge on any atom is 0.307 e. The molecule has 1 aliphatic heterocycles. The van der Waals surface area contributed by atoms with Gasteiger partial charge in [-0.05, 0) is 31.6 Å². The Labute approximate surface area is 111 Å². The summed E-state index contributed by atoms with van der Waals surface area (Å²) in [4.78, 5) is 25.2. The van der Waals surface area contributed by atoms with E-state index >= 15 is 0 Å². The van der Waals surface area contributed by atoms with Crippen molar-refractivity contribution in [3.8, 4) is 0 Å². The number of β-amino-alcohol motifs (C(OH)–C–C–N with tert-alkyl or cyclic N) is 1. The van der Waals surface area contributed by atoms with E-state index in [-0.39, 0.29) is 5.91 Å². The van der Waals surface area contributed by atoms with Gasteiger partial charge in [-0.15, -0.1) is 0 Å². The van der Waals surface area contributed by atoms with Gasteiger partial charge in [0.15, 0.2) is 0 Å². The van der Waals surface area contributed by atoms with E-state index in [2.05, 4.69) is 0 Å². The van der Waals surface area contributed by atoms with Crippen LogP contribution in [0.5, 0.6) is 0 Å². The lowest BCUT2D eigenvalue weighted by molar-refractivity contribution is -0.168. The van der Waals surface area contributed by atoms with Gasteiger partial charge in [-0.1, -0.05) is 12.2 Å². The second-order valence-corrected chi connectivity index (χ2v) is 6.07. The highest BCUT2D eigenvalue weighted by Gasteiger charge is 2.54. The van der Waals surface area contributed by atoms with Crippen molar-refractivity contribution in [2.24, 2.45) is 17.8 Å². The van der Waals surface area contributed by atoms with Crippen LogP contribution in [-0.2, 0) is 9.59 Å². The Hall–Kier alpha value is -1.36. The minimum absolute atomic E-state index is 0.109. The first-order valence-corrected chi connectivity index (χ1v) is 6.90. The van der Waals surface area contributed by atoms with Crippen molar-refractivity contribution in [2.45, 2.75) is 31.3 Å². The summed E-state index contributed by atoms with van der Waals surface area (Å²) < 4.78 is 0. The molecule has 0 unspecified atom stereocenters. The van der Waals surface area contributed by atoms with Gasteiger partial charge in [0, 0.05) is 0 Å². The number of hydrogen-bond acceptors (Lipinski definition) is 3. The van der Waals surface area contributed by atoms with Gasteiger partial charge in [0.25, 0.3) is 0 Å². The molecular formula is C14H19NO4. The molecule has 3 aliphatic rings. The molecular weight excluding hydrogens is 246 g/mol. The van der Waals surface area contributed by atoms with Crippen molar-refractivity contribution in [3.63, 3.8) is 0 Å². The molecule has 104 valence electrons. The molecule has 2 fully saturated rings. The Bertz CT molecular complexity index is 435. The zero-order valence-electron chi connectivity index (χ0n) is 10.8. The summed E-state index contributed by atoms with van der Waals surface area (Å²) in [7, 11) is 0. The smallest absolute Gasteiger partial charge is 0.307 e. The molecule has 1 saturated carbocycles. The molecule has 0 aromatic heterocycles. The average molecular weight is 265 g/mol. The van der Waals surface area contributed by atoms with Gasteiger partial charge in [-0.3, -0.25) is 9.59 Å². The molecule has 5 nitrogen and oxygen atoms in total. The molecule has 0 aromatic carbocycles. The lowest BCUT2D eigenvalue weighted by Gasteiger charge is -2.48. The van der Waals surface area contributed by atoms with Crippen LogP contribution in [0.15, 0.2) is 12.2 Å². The largest absolute Gasteiger partial charge is 0.481 e. The predicted octanol–water partition coefficient (Wildman–Crippen LogP) is 0.637. The average Bonchev–Trinajstić information content (AvgIpc) is 3.18. The standard InChI is InChI=1S/C14H19NO4/c16-12(10-3-1-2-4-11(10)13(17)18)15-7-14(19,8-15)9-5-6-9/h1-2,9-11,19H,3-8H2,(H,17,18)/t10-,11+/m1/s1. The van der Waals surface area contributed by atoms with E-state index in [1.165, 1.54) is 0 Å². The van der Waals surface area contributed by atoms with Crippen molar-refractivity contribution < 1.29 is 19.8 Å². The first kappa shape index (κ1) is 12.7. The van der Waals surface area contributed by atoms with E-state index in [0.29, 0.717) is 31.8 Å². The zero-order valence-corrected chi connectivity index (χ0v) is 10.8. The molecule has 1 saturated heterocycles. The summed E-state index contributed by atoms with van der Waals surface area (Å²) in [6.45, 7) is 0.756. The topological polar surface area (TPSA) is 77.8 Å². The van der Waals surface area contributed by atoms with Crippen LogP contribution in [0.2, 0.25) is 0 Å². The Balaban J connectivity index is 1.64. The Morgan fingerprint density at radius 3 is 2.21 bits per heavy atom. The molecule has 0 spiro atoms. The summed E-state index contributed by atoms with van der Waals surface area (Å²) in [5, 5.41) is 19.4. The van der Waals surface area contributed by atoms with Crippen molar-refractivity contribution in [1.82, 2.24) is 4.90 Å². The van der Waals surface area contributed by atoms with Crippen LogP contribution in [0.4, 0.5) is 0 Å². The highest BCUT2D eigenvalue weighted by molar-refractivity contribution is 5.86. The number of carbonyl (C=O) groups is 2. The third-order valence-electron chi connectivity index (χ3n) is 4.65. The number of carboxylic acid groups (broad SMARTS) is 1. The highest BCUT2D eigenvalue weighted by atomic mass is 16.4. The molecule has 19 heavy (non-hydrogen) atoms. The SMILES string of the molecule is O=C(O)[C@H]1CC=CC[C@H]1C(=O)N1CC(O)(C2CC2)C1. The van der Waals surface area contributed by atoms with Crippen molar-refractivity contribution >= 4 is 11.9 Å². The van der Waals surface area contributed by atoms with Crippen LogP contribution >= 0.6 is 0 Å². The van der Waals surface area contributed by atoms with E-state index < -0.39 is 23.4 Å². The molecule has 3 rings (SSSR count). The maximum atomic E-state index is 12.3. The molecule has 2 atom stereocenters. The molecule has 0 radical (unpaired) electrons. The number of amides is 1. The molecule has 0 bridgehead atoms. The molecule has 1 amide bonds. The van der Waals surface area contributed by atoms with E-state index in [0.717, 1.165) is 12.8 Å². The first-order chi connectivity index (χ1) is 9.01. The second-order valence-electron chi connectivity index (χ2n) is 6.07. The summed E-state index contributed by atoms with van der Waals surface area (Å²) in [5.74, 6) is -1.75. The number of likely N-dealkylation sites (tertiary alicyclic amines) is 1. The summed E-state index contributed by atoms with van der Waals surface area (Å²) in [6, 6.07) is 0. The van der Waals surface area contributed by atoms with Gasteiger partial charge in [0.2, 0.25) is 5.91 Å². The van der Waals surface area contributed by atoms with Gasteiger partial charge in [-0.2, -0.15) is 0 Å². The Morgan fingerprint density at radius 2 is 1.68 bits per heavy atom. The number of nitrogens with zero attached hydrogens (tertiary/aromatic N) is 1. The summed E-state index contributed by atoms with van der Waals surface area (Å²) in [5.41, 5.74) is -0.696. The molecule has 2 aliphatic carbocycles. The Morgan fingerprint density at radius 1 is 1.11 bits per heavy atom. The van der Waals surface area contributed by atoms with Gasteiger partial charge in [0.1, 0.15) is 5.60 Å². The van der Waals surface area contributed by atoms with Crippen LogP contribution < -0.4 is 0 Å². The number of rotatable bonds is 3. The number of carbonyl (C=O) groups excluding carboxylic acids is 1. The number of aliphatic hydroxyl groups is 1. The fourth-order valence-corrected chi connectivity index (χ4v) is 3.24. The quantitative estimate of drug-likeness (QED) is 0.734. The van der Waals surface area contributed by atoms with Gasteiger partial charge >= 0.3 is 5.97 Å². The second kappa shape index (κ2) is 4.34. The van der Waals surface area contributed by atoms with E-state index in [1.807, 2.05) is 12.2 Å². The fourth-order valence-electron chi connectivity index (χ4n) is 3.24. The normalized spacial score (nSPS) is 32.8. The summed E-state index contributed by atoms with van der Waals surface area (Å²) >= 11 is 0. The minimum Gasteiger partial charge on any atom is -0.481 e. The van der Waals surface area contributed by atoms with Crippen LogP contribution in [0, 0.1) is 17.8 Å². The van der Waals surface area contributed by atoms with Gasteiger partial charge in [0.05, 0.1) is 24.9 Å². The van der Waals surface area contributed by atoms with Crippen molar-refractivity contribution in [1.29, 1.82) is 0 Å². The lowest BCUT2D eigenvalue weighted by atomic mass is 9.80. The molecule has 5 heteroatoms. The predicted molar refractivity (Wildman–Crippen MR) is 67.2 cm³/mol. The van der Waals surface area contributed by atoms with Crippen LogP contribution in [0.1, 0.15) is 25.7 Å². The maximum absolute atomic E-state index is 12.3. The molecule has 0 aromatic rings. The van der Waals surface area contributed by atoms with Gasteiger partial charge < -0.3 is 15.1 Å². The van der Waals surface area contributed by atoms with E-state index in [1.54, 1.807) is 4.90 Å². The van der Waals surface area contributed by atoms with Crippen molar-refractivity contribution in [2.75, 3.05) is 13.1 Å². The number of hydrogen-bond donors (Lipinski definition) is 2. The molecule has 1 heterocycles. The highest BCUT2D eigenvalue weighted by Crippen LogP contribution is 2.45. The van der Waals surface area contributed by atoms with E-state index in [9.17, 15) is 19.8 Å². The van der Waals surface area contributed by atoms with Gasteiger partial charge in [-0.25, -0.2) is 0 Å². The Kier molecular flexibility index (Phi) is 2.89. The monoisotopic (exact) mass is 265 g/mol. The third kappa shape index (κ3) is 2.16. The number of aliphatic carboxylic acids is 1.